The van der Waals surface area contributed by atoms with Crippen molar-refractivity contribution in [2.45, 2.75) is 24.7 Å². The van der Waals surface area contributed by atoms with Gasteiger partial charge in [-0.15, -0.1) is 0 Å². The molecule has 1 aromatic rings. The first-order valence-electron chi connectivity index (χ1n) is 5.13. The molecule has 1 aliphatic heterocycles. The van der Waals surface area contributed by atoms with Gasteiger partial charge in [0.05, 0.1) is 0 Å². The maximum atomic E-state index is 3.73. The van der Waals surface area contributed by atoms with Crippen LogP contribution in [0.2, 0.25) is 0 Å². The van der Waals surface area contributed by atoms with Crippen molar-refractivity contribution in [1.29, 1.82) is 0 Å². The van der Waals surface area contributed by atoms with E-state index in [1.54, 1.807) is 11.3 Å². The van der Waals surface area contributed by atoms with Crippen molar-refractivity contribution >= 4 is 27.3 Å². The third-order valence-corrected chi connectivity index (χ3v) is 4.96. The van der Waals surface area contributed by atoms with Crippen molar-refractivity contribution in [3.05, 3.63) is 22.4 Å². The lowest BCUT2D eigenvalue weighted by Gasteiger charge is -2.34. The van der Waals surface area contributed by atoms with Gasteiger partial charge in [-0.2, -0.15) is 11.3 Å². The van der Waals surface area contributed by atoms with Crippen LogP contribution in [0.4, 0.5) is 0 Å². The molecule has 2 rings (SSSR count). The Balaban J connectivity index is 1.88. The second kappa shape index (κ2) is 4.77. The number of nitrogens with zero attached hydrogens (tertiary/aromatic N) is 1. The zero-order valence-electron chi connectivity index (χ0n) is 8.45. The van der Waals surface area contributed by atoms with Gasteiger partial charge in [0.2, 0.25) is 0 Å². The van der Waals surface area contributed by atoms with Gasteiger partial charge in [-0.05, 0) is 41.3 Å². The Hall–Kier alpha value is 0.140. The van der Waals surface area contributed by atoms with Gasteiger partial charge in [-0.3, -0.25) is 4.90 Å². The van der Waals surface area contributed by atoms with E-state index in [1.807, 2.05) is 0 Å². The fourth-order valence-corrected chi connectivity index (χ4v) is 3.02. The van der Waals surface area contributed by atoms with Crippen LogP contribution in [0, 0.1) is 5.92 Å². The van der Waals surface area contributed by atoms with Crippen LogP contribution in [-0.2, 0) is 6.54 Å². The van der Waals surface area contributed by atoms with Gasteiger partial charge in [0, 0.05) is 17.9 Å². The fraction of sp³-hybridized carbons (Fsp3) is 0.636. The molecule has 1 aromatic heterocycles. The summed E-state index contributed by atoms with van der Waals surface area (Å²) in [6.07, 6.45) is 1.28. The first-order valence-corrected chi connectivity index (χ1v) is 6.99. The Morgan fingerprint density at radius 1 is 1.64 bits per heavy atom. The SMILES string of the molecule is CC1CN(Cc2ccsc2)CCC1Br. The highest BCUT2D eigenvalue weighted by atomic mass is 79.9. The first kappa shape index (κ1) is 10.7. The lowest BCUT2D eigenvalue weighted by Crippen LogP contribution is -2.39. The Bertz CT molecular complexity index is 273. The van der Waals surface area contributed by atoms with Gasteiger partial charge < -0.3 is 0 Å². The minimum atomic E-state index is 0.723. The Morgan fingerprint density at radius 2 is 2.50 bits per heavy atom. The molecule has 0 radical (unpaired) electrons. The molecule has 1 aliphatic rings. The van der Waals surface area contributed by atoms with Gasteiger partial charge in [0.1, 0.15) is 0 Å². The largest absolute Gasteiger partial charge is 0.299 e. The van der Waals surface area contributed by atoms with Crippen LogP contribution < -0.4 is 0 Å². The van der Waals surface area contributed by atoms with Crippen molar-refractivity contribution in [1.82, 2.24) is 4.90 Å². The van der Waals surface area contributed by atoms with Crippen LogP contribution >= 0.6 is 27.3 Å². The molecule has 2 heterocycles. The van der Waals surface area contributed by atoms with Crippen molar-refractivity contribution in [3.63, 3.8) is 0 Å². The van der Waals surface area contributed by atoms with Crippen LogP contribution in [-0.4, -0.2) is 22.8 Å². The maximum absolute atomic E-state index is 3.73. The van der Waals surface area contributed by atoms with E-state index in [0.717, 1.165) is 17.3 Å². The summed E-state index contributed by atoms with van der Waals surface area (Å²) in [6, 6.07) is 2.23. The Morgan fingerprint density at radius 3 is 3.14 bits per heavy atom. The maximum Gasteiger partial charge on any atom is 0.0242 e. The normalized spacial score (nSPS) is 29.3. The lowest BCUT2D eigenvalue weighted by molar-refractivity contribution is 0.184. The van der Waals surface area contributed by atoms with E-state index in [-0.39, 0.29) is 0 Å². The molecule has 0 saturated carbocycles. The van der Waals surface area contributed by atoms with E-state index in [2.05, 4.69) is 44.6 Å². The molecule has 78 valence electrons. The average molecular weight is 274 g/mol. The summed E-state index contributed by atoms with van der Waals surface area (Å²) in [7, 11) is 0. The average Bonchev–Trinajstić information content (AvgIpc) is 2.64. The molecule has 0 bridgehead atoms. The smallest absolute Gasteiger partial charge is 0.0242 e. The van der Waals surface area contributed by atoms with Crippen molar-refractivity contribution in [2.75, 3.05) is 13.1 Å². The lowest BCUT2D eigenvalue weighted by atomic mass is 10.00. The fourth-order valence-electron chi connectivity index (χ4n) is 1.99. The summed E-state index contributed by atoms with van der Waals surface area (Å²) in [4.78, 5) is 3.28. The first-order chi connectivity index (χ1) is 6.75. The molecule has 1 saturated heterocycles. The second-order valence-corrected chi connectivity index (χ2v) is 6.10. The summed E-state index contributed by atoms with van der Waals surface area (Å²) >= 11 is 5.53. The third kappa shape index (κ3) is 2.59. The molecule has 1 nitrogen and oxygen atoms in total. The van der Waals surface area contributed by atoms with E-state index in [9.17, 15) is 0 Å². The molecule has 14 heavy (non-hydrogen) atoms. The van der Waals surface area contributed by atoms with Gasteiger partial charge in [0.25, 0.3) is 0 Å². The van der Waals surface area contributed by atoms with Crippen LogP contribution in [0.15, 0.2) is 16.8 Å². The predicted molar refractivity (Wildman–Crippen MR) is 66.1 cm³/mol. The van der Waals surface area contributed by atoms with Crippen LogP contribution in [0.5, 0.6) is 0 Å². The number of hydrogen-bond acceptors (Lipinski definition) is 2. The van der Waals surface area contributed by atoms with Gasteiger partial charge in [-0.1, -0.05) is 22.9 Å². The Labute approximate surface area is 98.2 Å². The van der Waals surface area contributed by atoms with Crippen LogP contribution in [0.3, 0.4) is 0 Å². The highest BCUT2D eigenvalue weighted by molar-refractivity contribution is 9.09. The van der Waals surface area contributed by atoms with Crippen molar-refractivity contribution in [2.24, 2.45) is 5.92 Å². The van der Waals surface area contributed by atoms with Gasteiger partial charge >= 0.3 is 0 Å². The monoisotopic (exact) mass is 273 g/mol. The van der Waals surface area contributed by atoms with E-state index in [1.165, 1.54) is 25.1 Å². The number of hydrogen-bond donors (Lipinski definition) is 0. The summed E-state index contributed by atoms with van der Waals surface area (Å²) in [6.45, 7) is 5.93. The number of rotatable bonds is 2. The molecule has 1 fully saturated rings. The van der Waals surface area contributed by atoms with Gasteiger partial charge in [-0.25, -0.2) is 0 Å². The summed E-state index contributed by atoms with van der Waals surface area (Å²) in [5.41, 5.74) is 1.47. The van der Waals surface area contributed by atoms with E-state index in [0.29, 0.717) is 0 Å². The van der Waals surface area contributed by atoms with Crippen molar-refractivity contribution in [3.8, 4) is 0 Å². The van der Waals surface area contributed by atoms with E-state index in [4.69, 9.17) is 0 Å². The number of halogens is 1. The van der Waals surface area contributed by atoms with E-state index >= 15 is 0 Å². The number of thiophene rings is 1. The second-order valence-electron chi connectivity index (χ2n) is 4.15. The molecule has 0 spiro atoms. The predicted octanol–water partition coefficient (Wildman–Crippen LogP) is 3.35. The summed E-state index contributed by atoms with van der Waals surface area (Å²) in [5.74, 6) is 0.780. The molecule has 0 aliphatic carbocycles. The van der Waals surface area contributed by atoms with E-state index < -0.39 is 0 Å². The standard InChI is InChI=1S/C11H16BrNS/c1-9-6-13(4-2-11(9)12)7-10-3-5-14-8-10/h3,5,8-9,11H,2,4,6-7H2,1H3. The zero-order valence-corrected chi connectivity index (χ0v) is 10.9. The summed E-state index contributed by atoms with van der Waals surface area (Å²) in [5, 5.41) is 4.42. The summed E-state index contributed by atoms with van der Waals surface area (Å²) < 4.78 is 0. The molecular weight excluding hydrogens is 258 g/mol. The zero-order chi connectivity index (χ0) is 9.97. The van der Waals surface area contributed by atoms with Crippen LogP contribution in [0.1, 0.15) is 18.9 Å². The molecular formula is C11H16BrNS. The molecule has 0 N–H and O–H groups in total. The van der Waals surface area contributed by atoms with Crippen LogP contribution in [0.25, 0.3) is 0 Å². The Kier molecular flexibility index (Phi) is 3.63. The number of alkyl halides is 1. The number of likely N-dealkylation sites (tertiary alicyclic amines) is 1. The molecule has 2 unspecified atom stereocenters. The highest BCUT2D eigenvalue weighted by Gasteiger charge is 2.23. The van der Waals surface area contributed by atoms with Crippen molar-refractivity contribution < 1.29 is 0 Å². The minimum Gasteiger partial charge on any atom is -0.299 e. The van der Waals surface area contributed by atoms with Gasteiger partial charge in [0.15, 0.2) is 0 Å². The topological polar surface area (TPSA) is 3.24 Å². The number of piperidine rings is 1. The quantitative estimate of drug-likeness (QED) is 0.747. The molecule has 0 aromatic carbocycles. The minimum absolute atomic E-state index is 0.723. The third-order valence-electron chi connectivity index (χ3n) is 2.87. The molecule has 3 heteroatoms. The molecule has 0 amide bonds. The molecule has 2 atom stereocenters. The highest BCUT2D eigenvalue weighted by Crippen LogP contribution is 2.24.